The maximum Gasteiger partial charge on any atom is 0.0449 e. The van der Waals surface area contributed by atoms with Crippen LogP contribution in [0.5, 0.6) is 0 Å². The van der Waals surface area contributed by atoms with E-state index in [1.165, 1.54) is 11.3 Å². The minimum absolute atomic E-state index is 0.418. The first-order valence-corrected chi connectivity index (χ1v) is 5.56. The Labute approximate surface area is 92.5 Å². The third kappa shape index (κ3) is 1.90. The van der Waals surface area contributed by atoms with Crippen molar-refractivity contribution in [2.45, 2.75) is 11.8 Å². The van der Waals surface area contributed by atoms with Crippen molar-refractivity contribution < 1.29 is 0 Å². The lowest BCUT2D eigenvalue weighted by Gasteiger charge is -2.06. The van der Waals surface area contributed by atoms with E-state index in [2.05, 4.69) is 51.7 Å². The second kappa shape index (κ2) is 4.01. The van der Waals surface area contributed by atoms with Crippen molar-refractivity contribution >= 4 is 15.9 Å². The molecule has 72 valence electrons. The van der Waals surface area contributed by atoms with Crippen molar-refractivity contribution in [3.63, 3.8) is 0 Å². The Bertz CT molecular complexity index is 387. The Morgan fingerprint density at radius 3 is 2.14 bits per heavy atom. The molecule has 0 saturated carbocycles. The monoisotopic (exact) mass is 249 g/mol. The molecule has 1 nitrogen and oxygen atoms in total. The van der Waals surface area contributed by atoms with Crippen LogP contribution in [0.3, 0.4) is 0 Å². The molecule has 0 amide bonds. The van der Waals surface area contributed by atoms with Gasteiger partial charge in [-0.05, 0) is 36.8 Å². The van der Waals surface area contributed by atoms with E-state index < -0.39 is 0 Å². The first-order chi connectivity index (χ1) is 6.77. The minimum atomic E-state index is 0.418. The fourth-order valence-corrected chi connectivity index (χ4v) is 1.72. The van der Waals surface area contributed by atoms with Gasteiger partial charge in [0.1, 0.15) is 0 Å². The van der Waals surface area contributed by atoms with Crippen LogP contribution in [-0.4, -0.2) is 4.57 Å². The molecule has 0 aliphatic carbocycles. The van der Waals surface area contributed by atoms with E-state index in [0.717, 1.165) is 0 Å². The van der Waals surface area contributed by atoms with Crippen LogP contribution in [0, 0.1) is 0 Å². The van der Waals surface area contributed by atoms with Crippen molar-refractivity contribution in [2.75, 3.05) is 0 Å². The van der Waals surface area contributed by atoms with Gasteiger partial charge in [-0.2, -0.15) is 0 Å². The van der Waals surface area contributed by atoms with Gasteiger partial charge in [-0.1, -0.05) is 28.1 Å². The molecule has 0 radical (unpaired) electrons. The Morgan fingerprint density at radius 1 is 1.07 bits per heavy atom. The largest absolute Gasteiger partial charge is 0.324 e. The summed E-state index contributed by atoms with van der Waals surface area (Å²) in [7, 11) is 0. The van der Waals surface area contributed by atoms with Crippen molar-refractivity contribution in [1.29, 1.82) is 0 Å². The molecule has 0 bridgehead atoms. The van der Waals surface area contributed by atoms with E-state index in [1.54, 1.807) is 0 Å². The number of benzene rings is 1. The van der Waals surface area contributed by atoms with Crippen molar-refractivity contribution in [3.8, 4) is 5.69 Å². The lowest BCUT2D eigenvalue weighted by atomic mass is 10.1. The van der Waals surface area contributed by atoms with Gasteiger partial charge >= 0.3 is 0 Å². The van der Waals surface area contributed by atoms with Gasteiger partial charge in [0, 0.05) is 22.9 Å². The normalized spacial score (nSPS) is 12.7. The number of hydrogen-bond acceptors (Lipinski definition) is 0. The van der Waals surface area contributed by atoms with Gasteiger partial charge in [0.25, 0.3) is 0 Å². The molecule has 1 aromatic carbocycles. The average Bonchev–Trinajstić information content (AvgIpc) is 2.71. The lowest BCUT2D eigenvalue weighted by molar-refractivity contribution is 1.06. The van der Waals surface area contributed by atoms with Crippen LogP contribution in [0.2, 0.25) is 0 Å². The van der Waals surface area contributed by atoms with Crippen LogP contribution in [-0.2, 0) is 0 Å². The molecule has 0 fully saturated rings. The fraction of sp³-hybridized carbons (Fsp3) is 0.167. The third-order valence-electron chi connectivity index (χ3n) is 2.25. The molecule has 14 heavy (non-hydrogen) atoms. The average molecular weight is 250 g/mol. The summed E-state index contributed by atoms with van der Waals surface area (Å²) in [5.74, 6) is 0. The standard InChI is InChI=1S/C12H12BrN/c1-10(13)11-4-6-12(7-5-11)14-8-2-3-9-14/h2-10H,1H3. The summed E-state index contributed by atoms with van der Waals surface area (Å²) in [6, 6.07) is 12.6. The molecule has 2 rings (SSSR count). The molecule has 1 atom stereocenters. The van der Waals surface area contributed by atoms with Gasteiger partial charge in [0.2, 0.25) is 0 Å². The quantitative estimate of drug-likeness (QED) is 0.711. The van der Waals surface area contributed by atoms with Crippen LogP contribution in [0.4, 0.5) is 0 Å². The number of nitrogens with zero attached hydrogens (tertiary/aromatic N) is 1. The number of aromatic nitrogens is 1. The fourth-order valence-electron chi connectivity index (χ4n) is 1.42. The first-order valence-electron chi connectivity index (χ1n) is 4.65. The summed E-state index contributed by atoms with van der Waals surface area (Å²) in [4.78, 5) is 0.418. The summed E-state index contributed by atoms with van der Waals surface area (Å²) in [6.07, 6.45) is 4.10. The third-order valence-corrected chi connectivity index (χ3v) is 2.78. The van der Waals surface area contributed by atoms with Crippen LogP contribution < -0.4 is 0 Å². The Kier molecular flexibility index (Phi) is 2.73. The molecule has 1 heterocycles. The van der Waals surface area contributed by atoms with E-state index in [0.29, 0.717) is 4.83 Å². The van der Waals surface area contributed by atoms with Crippen LogP contribution in [0.1, 0.15) is 17.3 Å². The molecule has 2 aromatic rings. The second-order valence-corrected chi connectivity index (χ2v) is 4.67. The minimum Gasteiger partial charge on any atom is -0.324 e. The van der Waals surface area contributed by atoms with E-state index in [4.69, 9.17) is 0 Å². The predicted molar refractivity (Wildman–Crippen MR) is 63.1 cm³/mol. The molecule has 2 heteroatoms. The van der Waals surface area contributed by atoms with Gasteiger partial charge in [0.05, 0.1) is 0 Å². The van der Waals surface area contributed by atoms with Gasteiger partial charge in [-0.3, -0.25) is 0 Å². The molecule has 1 unspecified atom stereocenters. The van der Waals surface area contributed by atoms with Crippen LogP contribution in [0.25, 0.3) is 5.69 Å². The second-order valence-electron chi connectivity index (χ2n) is 3.30. The Hall–Kier alpha value is -1.02. The molecule has 0 spiro atoms. The highest BCUT2D eigenvalue weighted by Gasteiger charge is 2.00. The highest BCUT2D eigenvalue weighted by atomic mass is 79.9. The predicted octanol–water partition coefficient (Wildman–Crippen LogP) is 3.93. The highest BCUT2D eigenvalue weighted by molar-refractivity contribution is 9.09. The number of halogens is 1. The topological polar surface area (TPSA) is 4.93 Å². The zero-order valence-electron chi connectivity index (χ0n) is 8.02. The summed E-state index contributed by atoms with van der Waals surface area (Å²) in [5, 5.41) is 0. The van der Waals surface area contributed by atoms with Gasteiger partial charge in [-0.15, -0.1) is 0 Å². The molecule has 0 N–H and O–H groups in total. The van der Waals surface area contributed by atoms with Crippen LogP contribution >= 0.6 is 15.9 Å². The number of hydrogen-bond donors (Lipinski definition) is 0. The maximum absolute atomic E-state index is 3.55. The number of alkyl halides is 1. The van der Waals surface area contributed by atoms with E-state index in [9.17, 15) is 0 Å². The summed E-state index contributed by atoms with van der Waals surface area (Å²) >= 11 is 3.55. The smallest absolute Gasteiger partial charge is 0.0449 e. The van der Waals surface area contributed by atoms with Gasteiger partial charge in [-0.25, -0.2) is 0 Å². The zero-order valence-corrected chi connectivity index (χ0v) is 9.61. The Morgan fingerprint density at radius 2 is 1.64 bits per heavy atom. The zero-order chi connectivity index (χ0) is 9.97. The van der Waals surface area contributed by atoms with Gasteiger partial charge < -0.3 is 4.57 Å². The van der Waals surface area contributed by atoms with Crippen molar-refractivity contribution in [1.82, 2.24) is 4.57 Å². The van der Waals surface area contributed by atoms with Crippen LogP contribution in [0.15, 0.2) is 48.8 Å². The molecule has 1 aromatic heterocycles. The van der Waals surface area contributed by atoms with Crippen molar-refractivity contribution in [3.05, 3.63) is 54.4 Å². The molecular weight excluding hydrogens is 238 g/mol. The maximum atomic E-state index is 3.55. The van der Waals surface area contributed by atoms with E-state index in [-0.39, 0.29) is 0 Å². The molecule has 0 aliphatic rings. The van der Waals surface area contributed by atoms with E-state index in [1.807, 2.05) is 24.5 Å². The summed E-state index contributed by atoms with van der Waals surface area (Å²) in [6.45, 7) is 2.13. The first kappa shape index (κ1) is 9.53. The van der Waals surface area contributed by atoms with Gasteiger partial charge in [0.15, 0.2) is 0 Å². The Balaban J connectivity index is 2.31. The van der Waals surface area contributed by atoms with Crippen molar-refractivity contribution in [2.24, 2.45) is 0 Å². The molecular formula is C12H12BrN. The lowest BCUT2D eigenvalue weighted by Crippen LogP contribution is -1.90. The highest BCUT2D eigenvalue weighted by Crippen LogP contribution is 2.22. The molecule has 0 aliphatic heterocycles. The SMILES string of the molecule is CC(Br)c1ccc(-n2cccc2)cc1. The number of rotatable bonds is 2. The summed E-state index contributed by atoms with van der Waals surface area (Å²) in [5.41, 5.74) is 2.51. The summed E-state index contributed by atoms with van der Waals surface area (Å²) < 4.78 is 2.10. The molecule has 0 saturated heterocycles. The van der Waals surface area contributed by atoms with E-state index >= 15 is 0 Å².